The fourth-order valence-corrected chi connectivity index (χ4v) is 2.10. The third-order valence-electron chi connectivity index (χ3n) is 2.84. The number of rotatable bonds is 7. The molecule has 1 heterocycles. The van der Waals surface area contributed by atoms with E-state index in [0.717, 1.165) is 12.8 Å². The van der Waals surface area contributed by atoms with E-state index in [1.54, 1.807) is 13.8 Å². The van der Waals surface area contributed by atoms with Gasteiger partial charge in [0.05, 0.1) is 12.3 Å². The number of hydrogen-bond acceptors (Lipinski definition) is 6. The highest BCUT2D eigenvalue weighted by Gasteiger charge is 2.22. The second-order valence-corrected chi connectivity index (χ2v) is 5.03. The molecule has 0 saturated carbocycles. The van der Waals surface area contributed by atoms with Gasteiger partial charge in [-0.3, -0.25) is 14.8 Å². The summed E-state index contributed by atoms with van der Waals surface area (Å²) in [4.78, 5) is 34.5. The largest absolute Gasteiger partial charge is 0.452 e. The molecule has 1 aromatic heterocycles. The number of halogens is 1. The molecule has 0 aromatic carbocycles. The summed E-state index contributed by atoms with van der Waals surface area (Å²) < 4.78 is 10.9. The number of nitrogens with one attached hydrogen (secondary N) is 1. The third-order valence-corrected chi connectivity index (χ3v) is 3.23. The predicted octanol–water partition coefficient (Wildman–Crippen LogP) is 2.07. The summed E-state index contributed by atoms with van der Waals surface area (Å²) in [5.74, 6) is -1.56. The number of unbranched alkanes of at least 4 members (excludes halogenated alkanes) is 1. The Morgan fingerprint density at radius 3 is 2.57 bits per heavy atom. The number of aryl methyl sites for hydroxylation is 2. The predicted molar refractivity (Wildman–Crippen MR) is 82.3 cm³/mol. The van der Waals surface area contributed by atoms with Crippen LogP contribution in [-0.4, -0.2) is 41.0 Å². The van der Waals surface area contributed by atoms with Crippen LogP contribution in [-0.2, 0) is 20.8 Å². The molecule has 0 bridgehead atoms. The summed E-state index contributed by atoms with van der Waals surface area (Å²) in [6.07, 6.45) is 0.940. The van der Waals surface area contributed by atoms with Crippen molar-refractivity contribution in [2.45, 2.75) is 40.2 Å². The quantitative estimate of drug-likeness (QED) is 0.759. The maximum absolute atomic E-state index is 12.0. The molecule has 128 valence electrons. The third kappa shape index (κ3) is 5.55. The number of aromatic nitrogens is 2. The van der Waals surface area contributed by atoms with Gasteiger partial charge >= 0.3 is 12.1 Å². The standard InChI is InChI=1S/C14H20ClN3O5/c1-4-6-7-18-12(15)11(9(3)17-18)13(20)23-8-10(19)16-14(21)22-5-2/h4-8H2,1-3H3,(H,16,19,21). The Balaban J connectivity index is 2.63. The minimum Gasteiger partial charge on any atom is -0.452 e. The van der Waals surface area contributed by atoms with Gasteiger partial charge in [-0.15, -0.1) is 0 Å². The lowest BCUT2D eigenvalue weighted by Gasteiger charge is -2.06. The van der Waals surface area contributed by atoms with E-state index >= 15 is 0 Å². The molecule has 8 nitrogen and oxygen atoms in total. The Labute approximate surface area is 139 Å². The highest BCUT2D eigenvalue weighted by molar-refractivity contribution is 6.32. The number of esters is 1. The summed E-state index contributed by atoms with van der Waals surface area (Å²) in [6.45, 7) is 5.36. The lowest BCUT2D eigenvalue weighted by Crippen LogP contribution is -2.34. The molecule has 0 aliphatic rings. The van der Waals surface area contributed by atoms with Gasteiger partial charge in [0.1, 0.15) is 10.7 Å². The fourth-order valence-electron chi connectivity index (χ4n) is 1.76. The molecule has 0 fully saturated rings. The molecule has 23 heavy (non-hydrogen) atoms. The molecule has 0 aliphatic carbocycles. The maximum atomic E-state index is 12.0. The van der Waals surface area contributed by atoms with E-state index in [9.17, 15) is 14.4 Å². The molecule has 0 radical (unpaired) electrons. The number of hydrogen-bond donors (Lipinski definition) is 1. The van der Waals surface area contributed by atoms with Crippen molar-refractivity contribution in [3.05, 3.63) is 16.4 Å². The Hall–Kier alpha value is -2.09. The lowest BCUT2D eigenvalue weighted by molar-refractivity contribution is -0.123. The highest BCUT2D eigenvalue weighted by atomic mass is 35.5. The van der Waals surface area contributed by atoms with Crippen LogP contribution in [0.4, 0.5) is 4.79 Å². The first kappa shape index (κ1) is 19.0. The van der Waals surface area contributed by atoms with Crippen LogP contribution in [0.25, 0.3) is 0 Å². The molecule has 1 rings (SSSR count). The molecular weight excluding hydrogens is 326 g/mol. The van der Waals surface area contributed by atoms with Gasteiger partial charge in [0.25, 0.3) is 5.91 Å². The van der Waals surface area contributed by atoms with Gasteiger partial charge in [-0.2, -0.15) is 5.10 Å². The van der Waals surface area contributed by atoms with Gasteiger partial charge in [0.15, 0.2) is 6.61 Å². The normalized spacial score (nSPS) is 10.3. The zero-order valence-corrected chi connectivity index (χ0v) is 14.1. The minimum atomic E-state index is -0.893. The summed E-state index contributed by atoms with van der Waals surface area (Å²) in [7, 11) is 0. The molecule has 2 amide bonds. The van der Waals surface area contributed by atoms with Crippen LogP contribution in [0, 0.1) is 6.92 Å². The van der Waals surface area contributed by atoms with Crippen LogP contribution >= 0.6 is 11.6 Å². The van der Waals surface area contributed by atoms with Gasteiger partial charge < -0.3 is 9.47 Å². The van der Waals surface area contributed by atoms with E-state index in [1.165, 1.54) is 4.68 Å². The van der Waals surface area contributed by atoms with Crippen molar-refractivity contribution in [2.24, 2.45) is 0 Å². The van der Waals surface area contributed by atoms with Gasteiger partial charge in [-0.05, 0) is 20.3 Å². The van der Waals surface area contributed by atoms with Crippen molar-refractivity contribution < 1.29 is 23.9 Å². The number of imide groups is 1. The number of amides is 2. The summed E-state index contributed by atoms with van der Waals surface area (Å²) >= 11 is 6.13. The molecule has 0 spiro atoms. The zero-order valence-electron chi connectivity index (χ0n) is 13.3. The van der Waals surface area contributed by atoms with Gasteiger partial charge in [-0.1, -0.05) is 24.9 Å². The van der Waals surface area contributed by atoms with Crippen LogP contribution in [0.15, 0.2) is 0 Å². The molecule has 1 aromatic rings. The number of carbonyl (C=O) groups is 3. The van der Waals surface area contributed by atoms with E-state index in [4.69, 9.17) is 16.3 Å². The average molecular weight is 346 g/mol. The molecule has 9 heteroatoms. The molecule has 0 unspecified atom stereocenters. The lowest BCUT2D eigenvalue weighted by atomic mass is 10.3. The molecule has 0 atom stereocenters. The van der Waals surface area contributed by atoms with Crippen molar-refractivity contribution in [1.29, 1.82) is 0 Å². The number of ether oxygens (including phenoxy) is 2. The van der Waals surface area contributed by atoms with Crippen LogP contribution < -0.4 is 5.32 Å². The van der Waals surface area contributed by atoms with Crippen molar-refractivity contribution >= 4 is 29.6 Å². The van der Waals surface area contributed by atoms with Gasteiger partial charge in [-0.25, -0.2) is 9.59 Å². The summed E-state index contributed by atoms with van der Waals surface area (Å²) in [5.41, 5.74) is 0.536. The van der Waals surface area contributed by atoms with Crippen LogP contribution in [0.1, 0.15) is 42.7 Å². The van der Waals surface area contributed by atoms with E-state index in [-0.39, 0.29) is 17.3 Å². The topological polar surface area (TPSA) is 99.5 Å². The minimum absolute atomic E-state index is 0.117. The van der Waals surface area contributed by atoms with Crippen molar-refractivity contribution in [3.8, 4) is 0 Å². The Morgan fingerprint density at radius 1 is 1.26 bits per heavy atom. The number of carbonyl (C=O) groups excluding carboxylic acids is 3. The second kappa shape index (κ2) is 9.14. The van der Waals surface area contributed by atoms with Crippen molar-refractivity contribution in [3.63, 3.8) is 0 Å². The summed E-state index contributed by atoms with van der Waals surface area (Å²) in [6, 6.07) is 0. The smallest absolute Gasteiger partial charge is 0.413 e. The van der Waals surface area contributed by atoms with Crippen LogP contribution in [0.5, 0.6) is 0 Å². The first-order valence-corrected chi connectivity index (χ1v) is 7.65. The van der Waals surface area contributed by atoms with Crippen molar-refractivity contribution in [1.82, 2.24) is 15.1 Å². The Kier molecular flexibility index (Phi) is 7.53. The maximum Gasteiger partial charge on any atom is 0.413 e. The first-order valence-electron chi connectivity index (χ1n) is 7.27. The monoisotopic (exact) mass is 345 g/mol. The zero-order chi connectivity index (χ0) is 17.4. The van der Waals surface area contributed by atoms with Crippen LogP contribution in [0.2, 0.25) is 5.15 Å². The van der Waals surface area contributed by atoms with Crippen LogP contribution in [0.3, 0.4) is 0 Å². The molecule has 1 N–H and O–H groups in total. The summed E-state index contributed by atoms with van der Waals surface area (Å²) in [5, 5.41) is 6.27. The second-order valence-electron chi connectivity index (χ2n) is 4.67. The van der Waals surface area contributed by atoms with Gasteiger partial charge in [0, 0.05) is 6.54 Å². The van der Waals surface area contributed by atoms with Gasteiger partial charge in [0.2, 0.25) is 0 Å². The van der Waals surface area contributed by atoms with E-state index in [1.807, 2.05) is 12.2 Å². The fraction of sp³-hybridized carbons (Fsp3) is 0.571. The van der Waals surface area contributed by atoms with E-state index < -0.39 is 24.6 Å². The molecular formula is C14H20ClN3O5. The SMILES string of the molecule is CCCCn1nc(C)c(C(=O)OCC(=O)NC(=O)OCC)c1Cl. The number of nitrogens with zero attached hydrogens (tertiary/aromatic N) is 2. The number of alkyl carbamates (subject to hydrolysis) is 1. The van der Waals surface area contributed by atoms with E-state index in [0.29, 0.717) is 12.2 Å². The highest BCUT2D eigenvalue weighted by Crippen LogP contribution is 2.21. The first-order chi connectivity index (χ1) is 10.9. The van der Waals surface area contributed by atoms with Crippen molar-refractivity contribution in [2.75, 3.05) is 13.2 Å². The Morgan fingerprint density at radius 2 is 1.96 bits per heavy atom. The Bertz CT molecular complexity index is 585. The average Bonchev–Trinajstić information content (AvgIpc) is 2.77. The molecule has 0 aliphatic heterocycles. The molecule has 0 saturated heterocycles. The van der Waals surface area contributed by atoms with E-state index in [2.05, 4.69) is 9.84 Å².